The Morgan fingerprint density at radius 1 is 1.06 bits per heavy atom. The molecular formula is C14H17N3O. The zero-order chi connectivity index (χ0) is 13.3. The number of anilines is 1. The standard InChI is InChI=1S/C14H17N3O/c1-8-5-9(2)13(18-4)11(6-8)14-16-10(3)7-12(15)17-14/h5-7H,1-4H3,(H2,15,16,17). The van der Waals surface area contributed by atoms with Crippen molar-refractivity contribution in [3.8, 4) is 17.1 Å². The highest BCUT2D eigenvalue weighted by atomic mass is 16.5. The van der Waals surface area contributed by atoms with Crippen LogP contribution in [0, 0.1) is 20.8 Å². The molecule has 2 rings (SSSR count). The zero-order valence-electron chi connectivity index (χ0n) is 11.1. The molecule has 4 heteroatoms. The molecule has 0 atom stereocenters. The maximum Gasteiger partial charge on any atom is 0.165 e. The van der Waals surface area contributed by atoms with Crippen LogP contribution in [0.1, 0.15) is 16.8 Å². The van der Waals surface area contributed by atoms with Crippen molar-refractivity contribution in [1.82, 2.24) is 9.97 Å². The highest BCUT2D eigenvalue weighted by molar-refractivity contribution is 5.68. The third kappa shape index (κ3) is 2.27. The molecule has 0 radical (unpaired) electrons. The Labute approximate surface area is 107 Å². The zero-order valence-corrected chi connectivity index (χ0v) is 11.1. The summed E-state index contributed by atoms with van der Waals surface area (Å²) in [4.78, 5) is 8.71. The molecule has 0 saturated carbocycles. The van der Waals surface area contributed by atoms with Crippen LogP contribution in [-0.2, 0) is 0 Å². The number of nitrogens with two attached hydrogens (primary N) is 1. The van der Waals surface area contributed by atoms with Crippen molar-refractivity contribution in [1.29, 1.82) is 0 Å². The minimum atomic E-state index is 0.471. The third-order valence-electron chi connectivity index (χ3n) is 2.74. The Hall–Kier alpha value is -2.10. The minimum absolute atomic E-state index is 0.471. The summed E-state index contributed by atoms with van der Waals surface area (Å²) in [6, 6.07) is 5.83. The first-order valence-electron chi connectivity index (χ1n) is 5.78. The minimum Gasteiger partial charge on any atom is -0.496 e. The lowest BCUT2D eigenvalue weighted by atomic mass is 10.0. The molecule has 0 amide bonds. The summed E-state index contributed by atoms with van der Waals surface area (Å²) < 4.78 is 5.44. The van der Waals surface area contributed by atoms with Crippen molar-refractivity contribution in [2.75, 3.05) is 12.8 Å². The van der Waals surface area contributed by atoms with E-state index in [0.717, 1.165) is 28.1 Å². The summed E-state index contributed by atoms with van der Waals surface area (Å²) in [6.07, 6.45) is 0. The molecule has 0 spiro atoms. The summed E-state index contributed by atoms with van der Waals surface area (Å²) in [5, 5.41) is 0. The van der Waals surface area contributed by atoms with Gasteiger partial charge in [0.1, 0.15) is 11.6 Å². The highest BCUT2D eigenvalue weighted by Crippen LogP contribution is 2.32. The molecule has 94 valence electrons. The number of benzene rings is 1. The van der Waals surface area contributed by atoms with E-state index in [9.17, 15) is 0 Å². The van der Waals surface area contributed by atoms with E-state index in [1.54, 1.807) is 13.2 Å². The Bertz CT molecular complexity index is 574. The first-order valence-corrected chi connectivity index (χ1v) is 5.78. The molecule has 1 heterocycles. The van der Waals surface area contributed by atoms with Gasteiger partial charge in [0.2, 0.25) is 0 Å². The van der Waals surface area contributed by atoms with Gasteiger partial charge in [-0.3, -0.25) is 0 Å². The predicted octanol–water partition coefficient (Wildman–Crippen LogP) is 2.66. The summed E-state index contributed by atoms with van der Waals surface area (Å²) >= 11 is 0. The molecular weight excluding hydrogens is 226 g/mol. The summed E-state index contributed by atoms with van der Waals surface area (Å²) in [7, 11) is 1.65. The fraction of sp³-hybridized carbons (Fsp3) is 0.286. The van der Waals surface area contributed by atoms with E-state index in [1.807, 2.05) is 26.8 Å². The van der Waals surface area contributed by atoms with Gasteiger partial charge in [0.25, 0.3) is 0 Å². The lowest BCUT2D eigenvalue weighted by Crippen LogP contribution is -2.00. The van der Waals surface area contributed by atoms with Crippen LogP contribution >= 0.6 is 0 Å². The monoisotopic (exact) mass is 243 g/mol. The van der Waals surface area contributed by atoms with Crippen molar-refractivity contribution >= 4 is 5.82 Å². The van der Waals surface area contributed by atoms with Crippen molar-refractivity contribution in [3.05, 3.63) is 35.0 Å². The van der Waals surface area contributed by atoms with Gasteiger partial charge >= 0.3 is 0 Å². The molecule has 2 N–H and O–H groups in total. The van der Waals surface area contributed by atoms with Crippen LogP contribution in [0.25, 0.3) is 11.4 Å². The molecule has 2 aromatic rings. The van der Waals surface area contributed by atoms with Crippen molar-refractivity contribution in [2.24, 2.45) is 0 Å². The second-order valence-electron chi connectivity index (χ2n) is 4.42. The molecule has 1 aromatic heterocycles. The van der Waals surface area contributed by atoms with E-state index in [4.69, 9.17) is 10.5 Å². The van der Waals surface area contributed by atoms with Crippen LogP contribution in [-0.4, -0.2) is 17.1 Å². The van der Waals surface area contributed by atoms with Gasteiger partial charge in [-0.1, -0.05) is 6.07 Å². The molecule has 1 aromatic carbocycles. The Balaban J connectivity index is 2.69. The van der Waals surface area contributed by atoms with Gasteiger partial charge in [-0.15, -0.1) is 0 Å². The Morgan fingerprint density at radius 3 is 2.39 bits per heavy atom. The average Bonchev–Trinajstić information content (AvgIpc) is 2.26. The number of rotatable bonds is 2. The SMILES string of the molecule is COc1c(C)cc(C)cc1-c1nc(C)cc(N)n1. The molecule has 0 aliphatic carbocycles. The van der Waals surface area contributed by atoms with Crippen LogP contribution in [0.5, 0.6) is 5.75 Å². The van der Waals surface area contributed by atoms with Crippen LogP contribution in [0.3, 0.4) is 0 Å². The van der Waals surface area contributed by atoms with Gasteiger partial charge in [-0.25, -0.2) is 9.97 Å². The summed E-state index contributed by atoms with van der Waals surface area (Å²) in [5.41, 5.74) is 9.71. The molecule has 0 fully saturated rings. The summed E-state index contributed by atoms with van der Waals surface area (Å²) in [6.45, 7) is 5.94. The van der Waals surface area contributed by atoms with Crippen molar-refractivity contribution in [3.63, 3.8) is 0 Å². The van der Waals surface area contributed by atoms with Gasteiger partial charge in [-0.05, 0) is 38.0 Å². The first-order chi connectivity index (χ1) is 8.51. The Kier molecular flexibility index (Phi) is 3.19. The third-order valence-corrected chi connectivity index (χ3v) is 2.74. The fourth-order valence-electron chi connectivity index (χ4n) is 2.10. The number of ether oxygens (including phenoxy) is 1. The molecule has 18 heavy (non-hydrogen) atoms. The molecule has 0 saturated heterocycles. The normalized spacial score (nSPS) is 10.4. The number of nitrogen functional groups attached to an aromatic ring is 1. The topological polar surface area (TPSA) is 61.0 Å². The van der Waals surface area contributed by atoms with Gasteiger partial charge in [-0.2, -0.15) is 0 Å². The van der Waals surface area contributed by atoms with Crippen LogP contribution in [0.4, 0.5) is 5.82 Å². The molecule has 0 unspecified atom stereocenters. The number of aryl methyl sites for hydroxylation is 3. The lowest BCUT2D eigenvalue weighted by Gasteiger charge is -2.12. The number of hydrogen-bond acceptors (Lipinski definition) is 4. The maximum atomic E-state index is 5.77. The number of nitrogens with zero attached hydrogens (tertiary/aromatic N) is 2. The second-order valence-corrected chi connectivity index (χ2v) is 4.42. The largest absolute Gasteiger partial charge is 0.496 e. The van der Waals surface area contributed by atoms with E-state index in [2.05, 4.69) is 16.0 Å². The number of aromatic nitrogens is 2. The van der Waals surface area contributed by atoms with Gasteiger partial charge in [0.15, 0.2) is 5.82 Å². The smallest absolute Gasteiger partial charge is 0.165 e. The van der Waals surface area contributed by atoms with E-state index < -0.39 is 0 Å². The summed E-state index contributed by atoms with van der Waals surface area (Å²) in [5.74, 6) is 1.88. The van der Waals surface area contributed by atoms with Gasteiger partial charge in [0, 0.05) is 11.8 Å². The van der Waals surface area contributed by atoms with E-state index in [1.165, 1.54) is 0 Å². The van der Waals surface area contributed by atoms with Crippen molar-refractivity contribution in [2.45, 2.75) is 20.8 Å². The molecule has 0 aliphatic heterocycles. The number of methoxy groups -OCH3 is 1. The molecule has 0 bridgehead atoms. The predicted molar refractivity (Wildman–Crippen MR) is 72.6 cm³/mol. The van der Waals surface area contributed by atoms with Crippen LogP contribution in [0.2, 0.25) is 0 Å². The van der Waals surface area contributed by atoms with Gasteiger partial charge in [0.05, 0.1) is 12.7 Å². The maximum absolute atomic E-state index is 5.77. The first kappa shape index (κ1) is 12.4. The second kappa shape index (κ2) is 4.64. The molecule has 4 nitrogen and oxygen atoms in total. The highest BCUT2D eigenvalue weighted by Gasteiger charge is 2.13. The van der Waals surface area contributed by atoms with E-state index in [-0.39, 0.29) is 0 Å². The fourth-order valence-corrected chi connectivity index (χ4v) is 2.10. The average molecular weight is 243 g/mol. The van der Waals surface area contributed by atoms with Gasteiger partial charge < -0.3 is 10.5 Å². The van der Waals surface area contributed by atoms with E-state index in [0.29, 0.717) is 11.6 Å². The van der Waals surface area contributed by atoms with Crippen molar-refractivity contribution < 1.29 is 4.74 Å². The van der Waals surface area contributed by atoms with Crippen LogP contribution in [0.15, 0.2) is 18.2 Å². The molecule has 0 aliphatic rings. The lowest BCUT2D eigenvalue weighted by molar-refractivity contribution is 0.413. The van der Waals surface area contributed by atoms with Crippen LogP contribution < -0.4 is 10.5 Å². The Morgan fingerprint density at radius 2 is 1.78 bits per heavy atom. The number of hydrogen-bond donors (Lipinski definition) is 1. The van der Waals surface area contributed by atoms with E-state index >= 15 is 0 Å². The quantitative estimate of drug-likeness (QED) is 0.880.